The van der Waals surface area contributed by atoms with Crippen molar-refractivity contribution in [3.63, 3.8) is 0 Å². The van der Waals surface area contributed by atoms with Gasteiger partial charge in [-0.1, -0.05) is 75.2 Å². The summed E-state index contributed by atoms with van der Waals surface area (Å²) in [5, 5.41) is 4.05. The predicted molar refractivity (Wildman–Crippen MR) is 209 cm³/mol. The van der Waals surface area contributed by atoms with E-state index in [9.17, 15) is 0 Å². The maximum Gasteiger partial charge on any atom is 0.728 e. The molecule has 2 aliphatic rings. The molecule has 1 N–H and O–H groups in total. The van der Waals surface area contributed by atoms with Gasteiger partial charge in [0.25, 0.3) is 5.75 Å². The zero-order valence-electron chi connectivity index (χ0n) is 29.7. The average molecular weight is 736 g/mol. The van der Waals surface area contributed by atoms with E-state index in [2.05, 4.69) is 44.2 Å². The minimum atomic E-state index is -1.87. The van der Waals surface area contributed by atoms with Crippen LogP contribution in [0.5, 0.6) is 46.0 Å². The lowest BCUT2D eigenvalue weighted by Crippen LogP contribution is -2.10. The third-order valence-electron chi connectivity index (χ3n) is 9.36. The van der Waals surface area contributed by atoms with E-state index in [4.69, 9.17) is 36.6 Å². The Morgan fingerprint density at radius 3 is 1.62 bits per heavy atom. The summed E-state index contributed by atoms with van der Waals surface area (Å²) < 4.78 is 50.1. The van der Waals surface area contributed by atoms with Crippen LogP contribution in [0.25, 0.3) is 32.7 Å². The van der Waals surface area contributed by atoms with Crippen LogP contribution < -0.4 is 32.1 Å². The van der Waals surface area contributed by atoms with E-state index in [1.54, 1.807) is 14.2 Å². The summed E-state index contributed by atoms with van der Waals surface area (Å²) in [5.74, 6) is 5.81. The van der Waals surface area contributed by atoms with Gasteiger partial charge in [0.05, 0.1) is 19.6 Å². The van der Waals surface area contributed by atoms with Crippen molar-refractivity contribution in [2.24, 2.45) is 0 Å². The Balaban J connectivity index is 1.26. The molecule has 0 radical (unpaired) electrons. The summed E-state index contributed by atoms with van der Waals surface area (Å²) in [7, 11) is -0.244. The van der Waals surface area contributed by atoms with Crippen molar-refractivity contribution in [1.29, 1.82) is 0 Å². The second-order valence-corrected chi connectivity index (χ2v) is 14.8. The van der Waals surface area contributed by atoms with E-state index >= 15 is 0 Å². The third kappa shape index (κ3) is 6.62. The molecule has 52 heavy (non-hydrogen) atoms. The van der Waals surface area contributed by atoms with Crippen molar-refractivity contribution >= 4 is 38.7 Å². The second kappa shape index (κ2) is 15.0. The second-order valence-electron chi connectivity index (χ2n) is 12.8. The van der Waals surface area contributed by atoms with E-state index in [-0.39, 0.29) is 0 Å². The Morgan fingerprint density at radius 2 is 1.08 bits per heavy atom. The molecule has 0 bridgehead atoms. The van der Waals surface area contributed by atoms with Gasteiger partial charge in [-0.3, -0.25) is 0 Å². The summed E-state index contributed by atoms with van der Waals surface area (Å²) >= 11 is 0. The largest absolute Gasteiger partial charge is 0.728 e. The zero-order valence-corrected chi connectivity index (χ0v) is 31.5. The number of benzene rings is 6. The first-order valence-corrected chi connectivity index (χ1v) is 20.0. The van der Waals surface area contributed by atoms with Gasteiger partial charge < -0.3 is 36.6 Å². The first kappa shape index (κ1) is 34.2. The minimum Gasteiger partial charge on any atom is -0.514 e. The topological polar surface area (TPSA) is 77.4 Å². The van der Waals surface area contributed by atoms with Crippen molar-refractivity contribution < 1.29 is 36.6 Å². The molecule has 0 fully saturated rings. The van der Waals surface area contributed by atoms with E-state index in [1.165, 1.54) is 0 Å². The smallest absolute Gasteiger partial charge is 0.514 e. The van der Waals surface area contributed by atoms with Crippen LogP contribution in [0, 0.1) is 0 Å². The Bertz CT molecular complexity index is 2020. The lowest BCUT2D eigenvalue weighted by atomic mass is 9.94. The number of ether oxygens (including phenoxy) is 2. The maximum absolute atomic E-state index is 6.95. The van der Waals surface area contributed by atoms with E-state index in [0.717, 1.165) is 105 Å². The highest BCUT2D eigenvalue weighted by Gasteiger charge is 2.38. The van der Waals surface area contributed by atoms with Gasteiger partial charge in [0, 0.05) is 17.2 Å². The summed E-state index contributed by atoms with van der Waals surface area (Å²) in [6.45, 7) is 4.36. The van der Waals surface area contributed by atoms with Crippen LogP contribution in [0.2, 0.25) is 0 Å². The van der Waals surface area contributed by atoms with Gasteiger partial charge in [-0.2, -0.15) is 0 Å². The molecule has 1 atom stereocenters. The average Bonchev–Trinajstić information content (AvgIpc) is 3.17. The van der Waals surface area contributed by atoms with Crippen molar-refractivity contribution in [3.8, 4) is 57.1 Å². The molecule has 2 heterocycles. The zero-order chi connectivity index (χ0) is 35.6. The molecule has 0 spiro atoms. The number of rotatable bonds is 13. The number of aryl methyl sites for hydroxylation is 2. The summed E-state index contributed by atoms with van der Waals surface area (Å²) in [4.78, 5) is 0. The molecule has 8 nitrogen and oxygen atoms in total. The van der Waals surface area contributed by atoms with Gasteiger partial charge in [0.1, 0.15) is 39.9 Å². The molecule has 2 aliphatic heterocycles. The minimum absolute atomic E-state index is 0.649. The molecule has 1 unspecified atom stereocenters. The first-order valence-electron chi connectivity index (χ1n) is 17.7. The molecule has 8 rings (SSSR count). The quantitative estimate of drug-likeness (QED) is 0.0863. The first-order chi connectivity index (χ1) is 25.6. The number of aromatic hydroxyl groups is 1. The van der Waals surface area contributed by atoms with Gasteiger partial charge in [0.2, 0.25) is 0 Å². The number of hydrogen-bond acceptors (Lipinski definition) is 7. The number of hydrogen-bond donors (Lipinski definition) is 0. The Morgan fingerprint density at radius 1 is 0.577 bits per heavy atom. The van der Waals surface area contributed by atoms with E-state index in [1.807, 2.05) is 66.7 Å². The monoisotopic (exact) mass is 735 g/mol. The number of methoxy groups -OCH3 is 2. The molecular weight excluding hydrogens is 694 g/mol. The van der Waals surface area contributed by atoms with Crippen LogP contribution in [0.15, 0.2) is 97.1 Å². The Hall–Kier alpha value is -4.90. The van der Waals surface area contributed by atoms with E-state index in [0.29, 0.717) is 23.0 Å². The Kier molecular flexibility index (Phi) is 9.86. The molecule has 6 aromatic rings. The SMILES string of the molecule is CCCCc1cc(OC)cc(-c2cc(OC)cc(CCCC)c2OP2Oc3cccc4cccc(c34)[OH+]2)c1OP1Oc2cccc3cccc(c23)O1. The molecule has 0 amide bonds. The predicted octanol–water partition coefficient (Wildman–Crippen LogP) is 12.4. The highest BCUT2D eigenvalue weighted by molar-refractivity contribution is 7.43. The molecule has 6 aromatic carbocycles. The van der Waals surface area contributed by atoms with Gasteiger partial charge in [-0.15, -0.1) is 0 Å². The van der Waals surface area contributed by atoms with Crippen LogP contribution >= 0.6 is 17.2 Å². The van der Waals surface area contributed by atoms with Crippen LogP contribution in [0.1, 0.15) is 50.7 Å². The van der Waals surface area contributed by atoms with Crippen LogP contribution in [0.4, 0.5) is 0 Å². The van der Waals surface area contributed by atoms with Crippen LogP contribution in [-0.2, 0) is 12.8 Å². The molecule has 0 saturated carbocycles. The molecule has 0 aliphatic carbocycles. The van der Waals surface area contributed by atoms with Crippen molar-refractivity contribution in [2.75, 3.05) is 14.2 Å². The van der Waals surface area contributed by atoms with Crippen molar-refractivity contribution in [3.05, 3.63) is 108 Å². The summed E-state index contributed by atoms with van der Waals surface area (Å²) in [6.07, 6.45) is 5.47. The van der Waals surface area contributed by atoms with Gasteiger partial charge in [-0.25, -0.2) is 0 Å². The Labute approximate surface area is 306 Å². The molecule has 0 saturated heterocycles. The van der Waals surface area contributed by atoms with Crippen molar-refractivity contribution in [1.82, 2.24) is 0 Å². The fraction of sp³-hybridized carbons (Fsp3) is 0.238. The molecule has 0 aromatic heterocycles. The fourth-order valence-electron chi connectivity index (χ4n) is 6.75. The van der Waals surface area contributed by atoms with Crippen LogP contribution in [0.3, 0.4) is 0 Å². The standard InChI is InChI=1S/C42H40O8P2/c1-5-7-13-29-23-31(43-3)25-33(41(29)49-51-45-35-19-9-15-27-16-10-20-36(46-51)39(27)35)34-26-32(44-4)24-30(14-8-6-2)42(34)50-52-47-37-21-11-17-28-18-12-22-38(48-52)40(28)37/h9-12,15-26H,5-8,13-14H2,1-4H3/p+1. The van der Waals surface area contributed by atoms with Gasteiger partial charge in [0.15, 0.2) is 5.75 Å². The summed E-state index contributed by atoms with van der Waals surface area (Å²) in [5.41, 5.74) is 3.54. The lowest BCUT2D eigenvalue weighted by Gasteiger charge is -2.27. The molecule has 10 heteroatoms. The van der Waals surface area contributed by atoms with Crippen molar-refractivity contribution in [2.45, 2.75) is 52.4 Å². The van der Waals surface area contributed by atoms with Gasteiger partial charge in [-0.05, 0) is 90.0 Å². The van der Waals surface area contributed by atoms with Crippen LogP contribution in [-0.4, -0.2) is 18.7 Å². The van der Waals surface area contributed by atoms with E-state index < -0.39 is 17.2 Å². The molecular formula is C42H41O8P2+. The van der Waals surface area contributed by atoms with Gasteiger partial charge >= 0.3 is 17.2 Å². The molecule has 266 valence electrons. The highest BCUT2D eigenvalue weighted by atomic mass is 31.2. The maximum atomic E-state index is 6.95. The summed E-state index contributed by atoms with van der Waals surface area (Å²) in [6, 6.07) is 32.2. The third-order valence-corrected chi connectivity index (χ3v) is 11.5. The normalized spacial score (nSPS) is 14.6. The lowest BCUT2D eigenvalue weighted by molar-refractivity contribution is 0.223. The highest BCUT2D eigenvalue weighted by Crippen LogP contribution is 2.58. The number of unbranched alkanes of at least 4 members (excludes halogenated alkanes) is 2. The fourth-order valence-corrected chi connectivity index (χ4v) is 9.01.